The number of nitrogens with one attached hydrogen (secondary N) is 1. The zero-order valence-corrected chi connectivity index (χ0v) is 22.6. The highest BCUT2D eigenvalue weighted by atomic mass is 16.5. The fourth-order valence-electron chi connectivity index (χ4n) is 4.18. The van der Waals surface area contributed by atoms with Crippen LogP contribution in [-0.4, -0.2) is 59.4 Å². The molecule has 0 bridgehead atoms. The number of hydrogen-bond acceptors (Lipinski definition) is 6. The smallest absolute Gasteiger partial charge is 0.355 e. The summed E-state index contributed by atoms with van der Waals surface area (Å²) in [5, 5.41) is 0. The lowest BCUT2D eigenvalue weighted by Gasteiger charge is -2.30. The van der Waals surface area contributed by atoms with Crippen LogP contribution in [0.1, 0.15) is 79.2 Å². The fourth-order valence-corrected chi connectivity index (χ4v) is 4.18. The maximum absolute atomic E-state index is 12.9. The molecule has 0 aliphatic carbocycles. The number of allylic oxidation sites excluding steroid dienone is 1. The third-order valence-electron chi connectivity index (χ3n) is 5.61. The topological polar surface area (TPSA) is 97.9 Å². The predicted octanol–water partition coefficient (Wildman–Crippen LogP) is 5.13. The summed E-state index contributed by atoms with van der Waals surface area (Å²) in [5.41, 5.74) is 2.62. The van der Waals surface area contributed by atoms with Gasteiger partial charge in [-0.3, -0.25) is 9.59 Å². The summed E-state index contributed by atoms with van der Waals surface area (Å²) >= 11 is 0. The molecule has 0 radical (unpaired) electrons. The molecule has 1 N–H and O–H groups in total. The molecular formula is C28H38N2O6. The van der Waals surface area contributed by atoms with Crippen LogP contribution in [-0.2, 0) is 9.53 Å². The maximum atomic E-state index is 12.9. The predicted molar refractivity (Wildman–Crippen MR) is 140 cm³/mol. The van der Waals surface area contributed by atoms with Gasteiger partial charge in [-0.25, -0.2) is 4.79 Å². The highest BCUT2D eigenvalue weighted by Gasteiger charge is 2.22. The number of hydrogen-bond donors (Lipinski definition) is 1. The van der Waals surface area contributed by atoms with Crippen molar-refractivity contribution < 1.29 is 28.6 Å². The lowest BCUT2D eigenvalue weighted by atomic mass is 10.0. The van der Waals surface area contributed by atoms with Crippen LogP contribution in [0.5, 0.6) is 11.5 Å². The molecule has 0 aliphatic rings. The van der Waals surface area contributed by atoms with Gasteiger partial charge in [0.15, 0.2) is 23.9 Å². The summed E-state index contributed by atoms with van der Waals surface area (Å²) < 4.78 is 16.6. The summed E-state index contributed by atoms with van der Waals surface area (Å²) in [5.74, 6) is 0.123. The number of ether oxygens (including phenoxy) is 3. The Bertz CT molecular complexity index is 1110. The molecule has 0 spiro atoms. The monoisotopic (exact) mass is 498 g/mol. The van der Waals surface area contributed by atoms with E-state index >= 15 is 0 Å². The fraction of sp³-hybridized carbons (Fsp3) is 0.464. The molecule has 36 heavy (non-hydrogen) atoms. The Morgan fingerprint density at radius 3 is 2.22 bits per heavy atom. The van der Waals surface area contributed by atoms with E-state index in [1.807, 2.05) is 34.6 Å². The van der Waals surface area contributed by atoms with Crippen LogP contribution in [0.2, 0.25) is 0 Å². The van der Waals surface area contributed by atoms with Crippen LogP contribution >= 0.6 is 0 Å². The van der Waals surface area contributed by atoms with Gasteiger partial charge in [0, 0.05) is 23.3 Å². The molecule has 1 heterocycles. The second-order valence-corrected chi connectivity index (χ2v) is 8.96. The van der Waals surface area contributed by atoms with Gasteiger partial charge in [-0.15, -0.1) is 0 Å². The Labute approximate surface area is 213 Å². The molecule has 0 unspecified atom stereocenters. The largest absolute Gasteiger partial charge is 0.490 e. The van der Waals surface area contributed by atoms with Gasteiger partial charge in [0.25, 0.3) is 5.91 Å². The second-order valence-electron chi connectivity index (χ2n) is 8.96. The lowest BCUT2D eigenvalue weighted by molar-refractivity contribution is -0.137. The SMILES string of the molecule is CCOC(=O)c1[nH]c(C)c(C(=O)/C=C/c2ccc(OCC(=O)N(C(C)C)C(C)C)c(OCC)c2)c1C. The van der Waals surface area contributed by atoms with Gasteiger partial charge < -0.3 is 24.1 Å². The van der Waals surface area contributed by atoms with Crippen molar-refractivity contribution >= 4 is 23.7 Å². The van der Waals surface area contributed by atoms with E-state index in [9.17, 15) is 14.4 Å². The van der Waals surface area contributed by atoms with E-state index in [2.05, 4.69) is 4.98 Å². The van der Waals surface area contributed by atoms with Crippen molar-refractivity contribution in [1.29, 1.82) is 0 Å². The maximum Gasteiger partial charge on any atom is 0.355 e. The number of nitrogens with zero attached hydrogens (tertiary/aromatic N) is 1. The summed E-state index contributed by atoms with van der Waals surface area (Å²) in [4.78, 5) is 42.5. The van der Waals surface area contributed by atoms with Crippen molar-refractivity contribution in [2.24, 2.45) is 0 Å². The van der Waals surface area contributed by atoms with Crippen LogP contribution in [0.4, 0.5) is 0 Å². The average Bonchev–Trinajstić information content (AvgIpc) is 3.10. The van der Waals surface area contributed by atoms with E-state index in [4.69, 9.17) is 14.2 Å². The number of esters is 1. The van der Waals surface area contributed by atoms with Crippen molar-refractivity contribution in [3.63, 3.8) is 0 Å². The summed E-state index contributed by atoms with van der Waals surface area (Å²) in [7, 11) is 0. The van der Waals surface area contributed by atoms with Gasteiger partial charge in [-0.1, -0.05) is 12.1 Å². The Kier molecular flexibility index (Phi) is 10.3. The molecule has 2 aromatic rings. The van der Waals surface area contributed by atoms with Crippen molar-refractivity contribution in [2.45, 2.75) is 67.5 Å². The molecule has 0 atom stereocenters. The highest BCUT2D eigenvalue weighted by molar-refractivity contribution is 6.10. The summed E-state index contributed by atoms with van der Waals surface area (Å²) in [6.07, 6.45) is 3.13. The number of amides is 1. The van der Waals surface area contributed by atoms with Crippen LogP contribution < -0.4 is 9.47 Å². The average molecular weight is 499 g/mol. The van der Waals surface area contributed by atoms with E-state index in [1.165, 1.54) is 6.08 Å². The molecule has 0 aliphatic heterocycles. The van der Waals surface area contributed by atoms with Crippen molar-refractivity contribution in [2.75, 3.05) is 19.8 Å². The number of aromatic amines is 1. The molecule has 196 valence electrons. The van der Waals surface area contributed by atoms with Crippen LogP contribution in [0.15, 0.2) is 24.3 Å². The van der Waals surface area contributed by atoms with E-state index in [0.29, 0.717) is 34.9 Å². The Morgan fingerprint density at radius 2 is 1.64 bits per heavy atom. The van der Waals surface area contributed by atoms with Crippen LogP contribution in [0, 0.1) is 13.8 Å². The Morgan fingerprint density at radius 1 is 0.972 bits per heavy atom. The first-order chi connectivity index (χ1) is 17.0. The molecule has 1 aromatic carbocycles. The Balaban J connectivity index is 2.21. The highest BCUT2D eigenvalue weighted by Crippen LogP contribution is 2.29. The number of ketones is 1. The van der Waals surface area contributed by atoms with Crippen LogP contribution in [0.25, 0.3) is 6.08 Å². The third-order valence-corrected chi connectivity index (χ3v) is 5.61. The van der Waals surface area contributed by atoms with Crippen molar-refractivity contribution in [3.8, 4) is 11.5 Å². The number of benzene rings is 1. The molecule has 8 nitrogen and oxygen atoms in total. The van der Waals surface area contributed by atoms with E-state index in [1.54, 1.807) is 49.9 Å². The lowest BCUT2D eigenvalue weighted by Crippen LogP contribution is -2.44. The number of aryl methyl sites for hydroxylation is 1. The number of H-pyrrole nitrogens is 1. The van der Waals surface area contributed by atoms with Gasteiger partial charge in [-0.2, -0.15) is 0 Å². The minimum absolute atomic E-state index is 0.0678. The molecule has 0 saturated heterocycles. The molecule has 0 saturated carbocycles. The van der Waals surface area contributed by atoms with Crippen molar-refractivity contribution in [1.82, 2.24) is 9.88 Å². The number of aromatic nitrogens is 1. The zero-order valence-electron chi connectivity index (χ0n) is 22.6. The van der Waals surface area contributed by atoms with E-state index < -0.39 is 5.97 Å². The quantitative estimate of drug-likeness (QED) is 0.248. The van der Waals surface area contributed by atoms with Gasteiger partial charge in [0.05, 0.1) is 13.2 Å². The first-order valence-electron chi connectivity index (χ1n) is 12.3. The van der Waals surface area contributed by atoms with Gasteiger partial charge in [0.2, 0.25) is 0 Å². The third kappa shape index (κ3) is 6.99. The minimum atomic E-state index is -0.485. The van der Waals surface area contributed by atoms with Crippen molar-refractivity contribution in [3.05, 3.63) is 52.4 Å². The molecule has 0 fully saturated rings. The first kappa shape index (κ1) is 28.7. The number of rotatable bonds is 12. The molecule has 8 heteroatoms. The molecular weight excluding hydrogens is 460 g/mol. The number of carbonyl (C=O) groups excluding carboxylic acids is 3. The second kappa shape index (κ2) is 13.0. The summed E-state index contributed by atoms with van der Waals surface area (Å²) in [6.45, 7) is 15.5. The normalized spacial score (nSPS) is 11.3. The van der Waals surface area contributed by atoms with E-state index in [0.717, 1.165) is 5.56 Å². The molecule has 1 amide bonds. The first-order valence-corrected chi connectivity index (χ1v) is 12.3. The van der Waals surface area contributed by atoms with Crippen LogP contribution in [0.3, 0.4) is 0 Å². The van der Waals surface area contributed by atoms with Gasteiger partial charge in [0.1, 0.15) is 5.69 Å². The molecule has 2 rings (SSSR count). The zero-order chi connectivity index (χ0) is 27.0. The van der Waals surface area contributed by atoms with Gasteiger partial charge in [-0.05, 0) is 84.7 Å². The standard InChI is InChI=1S/C28H38N2O6/c1-9-34-24-15-21(12-14-23(24)36-16-25(32)30(17(3)4)18(5)6)11-13-22(31)26-19(7)27(29-20(26)8)28(33)35-10-2/h11-15,17-18,29H,9-10,16H2,1-8H3/b13-11+. The van der Waals surface area contributed by atoms with Gasteiger partial charge >= 0.3 is 5.97 Å². The number of carbonyl (C=O) groups is 3. The summed E-state index contributed by atoms with van der Waals surface area (Å²) in [6, 6.07) is 5.41. The molecule has 1 aromatic heterocycles. The minimum Gasteiger partial charge on any atom is -0.490 e. The Hall–Kier alpha value is -3.55. The van der Waals surface area contributed by atoms with E-state index in [-0.39, 0.29) is 42.7 Å².